The lowest BCUT2D eigenvalue weighted by Gasteiger charge is -2.20. The van der Waals surface area contributed by atoms with E-state index < -0.39 is 5.25 Å². The van der Waals surface area contributed by atoms with Gasteiger partial charge in [0.25, 0.3) is 5.91 Å². The Morgan fingerprint density at radius 2 is 2.00 bits per heavy atom. The van der Waals surface area contributed by atoms with E-state index in [2.05, 4.69) is 10.3 Å². The first kappa shape index (κ1) is 24.1. The molecule has 3 aromatic rings. The fourth-order valence-corrected chi connectivity index (χ4v) is 5.03. The van der Waals surface area contributed by atoms with Gasteiger partial charge in [0.1, 0.15) is 11.4 Å². The number of hydrogen-bond donors (Lipinski definition) is 1. The molecule has 0 saturated heterocycles. The zero-order chi connectivity index (χ0) is 24.2. The van der Waals surface area contributed by atoms with E-state index in [-0.39, 0.29) is 11.8 Å². The second-order valence-corrected chi connectivity index (χ2v) is 10.2. The molecule has 6 nitrogen and oxygen atoms in total. The summed E-state index contributed by atoms with van der Waals surface area (Å²) in [7, 11) is 1.53. The van der Waals surface area contributed by atoms with Gasteiger partial charge in [0.2, 0.25) is 5.91 Å². The first-order chi connectivity index (χ1) is 16.4. The van der Waals surface area contributed by atoms with E-state index in [0.717, 1.165) is 10.4 Å². The summed E-state index contributed by atoms with van der Waals surface area (Å²) in [6, 6.07) is 16.5. The number of halogens is 1. The predicted molar refractivity (Wildman–Crippen MR) is 142 cm³/mol. The maximum Gasteiger partial charge on any atom is 0.283 e. The molecule has 1 N–H and O–H groups in total. The Morgan fingerprint density at radius 3 is 2.65 bits per heavy atom. The van der Waals surface area contributed by atoms with Crippen LogP contribution < -0.4 is 15.0 Å². The Bertz CT molecular complexity index is 1270. The number of carbonyl (C=O) groups is 2. The third kappa shape index (κ3) is 5.35. The van der Waals surface area contributed by atoms with Gasteiger partial charge >= 0.3 is 0 Å². The van der Waals surface area contributed by atoms with Gasteiger partial charge in [-0.1, -0.05) is 47.1 Å². The van der Waals surface area contributed by atoms with Crippen LogP contribution in [0, 0.1) is 6.92 Å². The molecule has 0 aliphatic carbocycles. The van der Waals surface area contributed by atoms with Gasteiger partial charge in [0.05, 0.1) is 23.1 Å². The smallest absolute Gasteiger partial charge is 0.283 e. The average Bonchev–Trinajstić information content (AvgIpc) is 3.43. The third-order valence-electron chi connectivity index (χ3n) is 5.02. The highest BCUT2D eigenvalue weighted by Gasteiger charge is 2.34. The number of aliphatic imine (C=N–C) groups is 1. The molecule has 0 saturated carbocycles. The van der Waals surface area contributed by atoms with Crippen molar-refractivity contribution in [2.24, 2.45) is 4.99 Å². The number of nitrogens with one attached hydrogen (secondary N) is 1. The molecular formula is C25H22ClN3O3S2. The Hall–Kier alpha value is -3.07. The zero-order valence-corrected chi connectivity index (χ0v) is 21.1. The molecule has 2 heterocycles. The molecule has 174 valence electrons. The molecule has 1 aliphatic heterocycles. The van der Waals surface area contributed by atoms with E-state index in [4.69, 9.17) is 16.3 Å². The lowest BCUT2D eigenvalue weighted by Crippen LogP contribution is -2.33. The summed E-state index contributed by atoms with van der Waals surface area (Å²) in [5.41, 5.74) is 2.66. The predicted octanol–water partition coefficient (Wildman–Crippen LogP) is 6.22. The van der Waals surface area contributed by atoms with Crippen LogP contribution in [0.4, 0.5) is 11.4 Å². The minimum absolute atomic E-state index is 0.188. The van der Waals surface area contributed by atoms with Crippen LogP contribution in [0.2, 0.25) is 5.02 Å². The summed E-state index contributed by atoms with van der Waals surface area (Å²) in [6.07, 6.45) is 1.75. The number of methoxy groups -OCH3 is 1. The molecule has 1 unspecified atom stereocenters. The van der Waals surface area contributed by atoms with Crippen molar-refractivity contribution in [3.05, 3.63) is 81.1 Å². The SMILES string of the molecule is COc1ccc(N2C(=O)/C(=C\c3cccs3)N=C2SC(C)C(=O)Nc2ccc(C)cc2)cc1Cl. The third-order valence-corrected chi connectivity index (χ3v) is 7.18. The van der Waals surface area contributed by atoms with E-state index >= 15 is 0 Å². The maximum atomic E-state index is 13.3. The largest absolute Gasteiger partial charge is 0.495 e. The molecule has 1 aromatic heterocycles. The van der Waals surface area contributed by atoms with Crippen LogP contribution in [0.15, 0.2) is 70.7 Å². The molecular weight excluding hydrogens is 490 g/mol. The summed E-state index contributed by atoms with van der Waals surface area (Å²) in [4.78, 5) is 33.2. The van der Waals surface area contributed by atoms with Crippen LogP contribution >= 0.6 is 34.7 Å². The van der Waals surface area contributed by atoms with Gasteiger partial charge in [-0.3, -0.25) is 14.5 Å². The fraction of sp³-hybridized carbons (Fsp3) is 0.160. The summed E-state index contributed by atoms with van der Waals surface area (Å²) in [5, 5.41) is 5.11. The number of amidine groups is 1. The lowest BCUT2D eigenvalue weighted by molar-refractivity contribution is -0.115. The van der Waals surface area contributed by atoms with Gasteiger partial charge in [0, 0.05) is 10.6 Å². The number of anilines is 2. The van der Waals surface area contributed by atoms with E-state index in [1.165, 1.54) is 35.1 Å². The molecule has 1 aliphatic rings. The first-order valence-corrected chi connectivity index (χ1v) is 12.6. The lowest BCUT2D eigenvalue weighted by atomic mass is 10.2. The standard InChI is InChI=1S/C25H22ClN3O3S2/c1-15-6-8-17(9-7-15)27-23(30)16(2)34-25-28-21(14-19-5-4-12-33-19)24(31)29(25)18-10-11-22(32-3)20(26)13-18/h4-14,16H,1-3H3,(H,27,30)/b21-14+. The van der Waals surface area contributed by atoms with Crippen molar-refractivity contribution in [1.29, 1.82) is 0 Å². The number of benzene rings is 2. The number of amides is 2. The van der Waals surface area contributed by atoms with Crippen molar-refractivity contribution in [2.45, 2.75) is 19.1 Å². The Labute approximate surface area is 211 Å². The van der Waals surface area contributed by atoms with Crippen LogP contribution in [-0.2, 0) is 9.59 Å². The minimum atomic E-state index is -0.509. The molecule has 1 atom stereocenters. The molecule has 9 heteroatoms. The van der Waals surface area contributed by atoms with E-state index in [1.54, 1.807) is 31.2 Å². The van der Waals surface area contributed by atoms with Crippen molar-refractivity contribution >= 4 is 69.1 Å². The molecule has 0 fully saturated rings. The van der Waals surface area contributed by atoms with Crippen LogP contribution in [0.3, 0.4) is 0 Å². The number of nitrogens with zero attached hydrogens (tertiary/aromatic N) is 2. The molecule has 0 spiro atoms. The molecule has 0 radical (unpaired) electrons. The monoisotopic (exact) mass is 511 g/mol. The topological polar surface area (TPSA) is 71.0 Å². The summed E-state index contributed by atoms with van der Waals surface area (Å²) < 4.78 is 5.23. The highest BCUT2D eigenvalue weighted by Crippen LogP contribution is 2.35. The Morgan fingerprint density at radius 1 is 1.24 bits per heavy atom. The highest BCUT2D eigenvalue weighted by molar-refractivity contribution is 8.15. The van der Waals surface area contributed by atoms with E-state index in [9.17, 15) is 9.59 Å². The number of aryl methyl sites for hydroxylation is 1. The molecule has 2 amide bonds. The second-order valence-electron chi connectivity index (χ2n) is 7.51. The van der Waals surface area contributed by atoms with Gasteiger partial charge in [0.15, 0.2) is 5.17 Å². The van der Waals surface area contributed by atoms with Gasteiger partial charge in [-0.25, -0.2) is 4.99 Å². The van der Waals surface area contributed by atoms with Crippen LogP contribution in [0.5, 0.6) is 5.75 Å². The first-order valence-electron chi connectivity index (χ1n) is 10.4. The van der Waals surface area contributed by atoms with Crippen molar-refractivity contribution in [2.75, 3.05) is 17.3 Å². The van der Waals surface area contributed by atoms with E-state index in [0.29, 0.717) is 33.0 Å². The quantitative estimate of drug-likeness (QED) is 0.399. The van der Waals surface area contributed by atoms with Gasteiger partial charge in [-0.15, -0.1) is 11.3 Å². The summed E-state index contributed by atoms with van der Waals surface area (Å²) >= 11 is 9.05. The average molecular weight is 512 g/mol. The molecule has 0 bridgehead atoms. The van der Waals surface area contributed by atoms with Gasteiger partial charge in [-0.05, 0) is 61.7 Å². The van der Waals surface area contributed by atoms with E-state index in [1.807, 2.05) is 48.7 Å². The highest BCUT2D eigenvalue weighted by atomic mass is 35.5. The Balaban J connectivity index is 1.61. The van der Waals surface area contributed by atoms with Crippen molar-refractivity contribution in [3.8, 4) is 5.75 Å². The molecule has 4 rings (SSSR count). The summed E-state index contributed by atoms with van der Waals surface area (Å²) in [5.74, 6) is 0.0269. The Kier molecular flexibility index (Phi) is 7.41. The molecule has 34 heavy (non-hydrogen) atoms. The number of rotatable bonds is 6. The van der Waals surface area contributed by atoms with Gasteiger partial charge in [-0.2, -0.15) is 0 Å². The number of thioether (sulfide) groups is 1. The fourth-order valence-electron chi connectivity index (χ4n) is 3.20. The van der Waals surface area contributed by atoms with Crippen LogP contribution in [0.25, 0.3) is 6.08 Å². The second kappa shape index (κ2) is 10.5. The van der Waals surface area contributed by atoms with Crippen molar-refractivity contribution in [3.63, 3.8) is 0 Å². The van der Waals surface area contributed by atoms with Crippen LogP contribution in [-0.4, -0.2) is 29.3 Å². The molecule has 2 aromatic carbocycles. The van der Waals surface area contributed by atoms with Crippen molar-refractivity contribution < 1.29 is 14.3 Å². The maximum absolute atomic E-state index is 13.3. The van der Waals surface area contributed by atoms with Crippen LogP contribution in [0.1, 0.15) is 17.4 Å². The number of ether oxygens (including phenoxy) is 1. The number of thiophene rings is 1. The zero-order valence-electron chi connectivity index (χ0n) is 18.7. The normalized spacial score (nSPS) is 15.4. The number of hydrogen-bond acceptors (Lipinski definition) is 6. The van der Waals surface area contributed by atoms with Gasteiger partial charge < -0.3 is 10.1 Å². The minimum Gasteiger partial charge on any atom is -0.495 e. The summed E-state index contributed by atoms with van der Waals surface area (Å²) in [6.45, 7) is 3.77. The number of carbonyl (C=O) groups excluding carboxylic acids is 2. The van der Waals surface area contributed by atoms with Crippen molar-refractivity contribution in [1.82, 2.24) is 0 Å².